The van der Waals surface area contributed by atoms with E-state index >= 15 is 0 Å². The van der Waals surface area contributed by atoms with Gasteiger partial charge in [-0.1, -0.05) is 18.2 Å². The lowest BCUT2D eigenvalue weighted by molar-refractivity contribution is -0.121. The van der Waals surface area contributed by atoms with Crippen molar-refractivity contribution in [3.05, 3.63) is 66.0 Å². The van der Waals surface area contributed by atoms with Crippen LogP contribution in [0.5, 0.6) is 5.75 Å². The normalized spacial score (nSPS) is 14.9. The third-order valence-electron chi connectivity index (χ3n) is 5.72. The van der Waals surface area contributed by atoms with E-state index in [1.54, 1.807) is 19.1 Å². The standard InChI is InChI=1S/C26H28N4O4S/c1-4-34-20-11-9-19(10-12-20)30-25(32)23(28(2)26(30)35)15-18-16-29(17-24(31)27-13-14-33-3)22-8-6-5-7-21(18)22/h5-12,15-16H,4,13-14,17H2,1-3H3,(H,27,31)/b23-15-. The van der Waals surface area contributed by atoms with Gasteiger partial charge in [-0.3, -0.25) is 14.5 Å². The predicted octanol–water partition coefficient (Wildman–Crippen LogP) is 3.41. The summed E-state index contributed by atoms with van der Waals surface area (Å²) in [4.78, 5) is 29.0. The molecule has 4 rings (SSSR count). The van der Waals surface area contributed by atoms with Gasteiger partial charge in [0.1, 0.15) is 18.0 Å². The zero-order chi connectivity index (χ0) is 24.9. The summed E-state index contributed by atoms with van der Waals surface area (Å²) >= 11 is 5.60. The van der Waals surface area contributed by atoms with Gasteiger partial charge in [0.05, 0.1) is 18.9 Å². The van der Waals surface area contributed by atoms with Crippen LogP contribution in [0.4, 0.5) is 5.69 Å². The SMILES string of the molecule is CCOc1ccc(N2C(=O)/C(=C/c3cn(CC(=O)NCCOC)c4ccccc34)N(C)C2=S)cc1. The number of aromatic nitrogens is 1. The lowest BCUT2D eigenvalue weighted by Crippen LogP contribution is -2.31. The number of nitrogens with zero attached hydrogens (tertiary/aromatic N) is 3. The average molecular weight is 493 g/mol. The number of hydrogen-bond donors (Lipinski definition) is 1. The van der Waals surface area contributed by atoms with E-state index in [2.05, 4.69) is 5.32 Å². The smallest absolute Gasteiger partial charge is 0.281 e. The molecule has 1 aliphatic rings. The number of carbonyl (C=O) groups is 2. The van der Waals surface area contributed by atoms with Crippen molar-refractivity contribution in [3.8, 4) is 5.75 Å². The van der Waals surface area contributed by atoms with Crippen LogP contribution in [0.15, 0.2) is 60.4 Å². The van der Waals surface area contributed by atoms with E-state index in [1.165, 1.54) is 4.90 Å². The first-order valence-corrected chi connectivity index (χ1v) is 11.8. The first kappa shape index (κ1) is 24.4. The van der Waals surface area contributed by atoms with Crippen molar-refractivity contribution >= 4 is 51.8 Å². The minimum absolute atomic E-state index is 0.112. The second-order valence-corrected chi connectivity index (χ2v) is 8.38. The second kappa shape index (κ2) is 10.7. The lowest BCUT2D eigenvalue weighted by Gasteiger charge is -2.16. The fourth-order valence-electron chi connectivity index (χ4n) is 4.01. The summed E-state index contributed by atoms with van der Waals surface area (Å²) in [6.45, 7) is 3.55. The van der Waals surface area contributed by atoms with Crippen molar-refractivity contribution in [1.82, 2.24) is 14.8 Å². The van der Waals surface area contributed by atoms with E-state index in [4.69, 9.17) is 21.7 Å². The van der Waals surface area contributed by atoms with Crippen LogP contribution in [-0.4, -0.2) is 60.3 Å². The highest BCUT2D eigenvalue weighted by Gasteiger charge is 2.37. The van der Waals surface area contributed by atoms with Gasteiger partial charge in [0, 0.05) is 43.4 Å². The number of benzene rings is 2. The molecule has 2 aromatic carbocycles. The number of methoxy groups -OCH3 is 1. The molecule has 1 N–H and O–H groups in total. The van der Waals surface area contributed by atoms with Crippen molar-refractivity contribution in [2.24, 2.45) is 0 Å². The summed E-state index contributed by atoms with van der Waals surface area (Å²) in [5, 5.41) is 4.18. The Morgan fingerprint density at radius 1 is 1.14 bits per heavy atom. The van der Waals surface area contributed by atoms with Crippen molar-refractivity contribution in [1.29, 1.82) is 0 Å². The van der Waals surface area contributed by atoms with Crippen molar-refractivity contribution in [2.75, 3.05) is 38.8 Å². The first-order valence-electron chi connectivity index (χ1n) is 11.3. The summed E-state index contributed by atoms with van der Waals surface area (Å²) in [5.41, 5.74) is 2.86. The van der Waals surface area contributed by atoms with Gasteiger partial charge < -0.3 is 24.3 Å². The molecule has 1 aromatic heterocycles. The second-order valence-electron chi connectivity index (χ2n) is 8.01. The van der Waals surface area contributed by atoms with Crippen LogP contribution in [0.25, 0.3) is 17.0 Å². The number of ether oxygens (including phenoxy) is 2. The number of hydrogen-bond acceptors (Lipinski definition) is 5. The minimum Gasteiger partial charge on any atom is -0.494 e. The highest BCUT2D eigenvalue weighted by atomic mass is 32.1. The van der Waals surface area contributed by atoms with Crippen molar-refractivity contribution < 1.29 is 19.1 Å². The third-order valence-corrected chi connectivity index (χ3v) is 6.18. The Morgan fingerprint density at radius 3 is 2.60 bits per heavy atom. The van der Waals surface area contributed by atoms with Crippen LogP contribution in [0, 0.1) is 0 Å². The Bertz CT molecular complexity index is 1280. The molecule has 0 atom stereocenters. The molecular formula is C26H28N4O4S. The Hall–Kier alpha value is -3.69. The van der Waals surface area contributed by atoms with Crippen LogP contribution in [0.1, 0.15) is 12.5 Å². The van der Waals surface area contributed by atoms with Crippen LogP contribution in [0.3, 0.4) is 0 Å². The number of likely N-dealkylation sites (N-methyl/N-ethyl adjacent to an activating group) is 1. The molecule has 1 fully saturated rings. The van der Waals surface area contributed by atoms with E-state index in [0.29, 0.717) is 36.3 Å². The Labute approximate surface area is 209 Å². The molecule has 9 heteroatoms. The molecule has 0 aliphatic carbocycles. The number of nitrogens with one attached hydrogen (secondary N) is 1. The zero-order valence-electron chi connectivity index (χ0n) is 20.0. The van der Waals surface area contributed by atoms with Crippen molar-refractivity contribution in [2.45, 2.75) is 13.5 Å². The number of carbonyl (C=O) groups excluding carboxylic acids is 2. The van der Waals surface area contributed by atoms with Crippen molar-refractivity contribution in [3.63, 3.8) is 0 Å². The predicted molar refractivity (Wildman–Crippen MR) is 140 cm³/mol. The quantitative estimate of drug-likeness (QED) is 0.280. The van der Waals surface area contributed by atoms with Crippen LogP contribution in [-0.2, 0) is 20.9 Å². The molecule has 2 amide bonds. The molecule has 35 heavy (non-hydrogen) atoms. The molecule has 0 radical (unpaired) electrons. The van der Waals surface area contributed by atoms with E-state index in [0.717, 1.165) is 22.2 Å². The topological polar surface area (TPSA) is 76.0 Å². The lowest BCUT2D eigenvalue weighted by atomic mass is 10.1. The van der Waals surface area contributed by atoms with E-state index < -0.39 is 0 Å². The number of thiocarbonyl (C=S) groups is 1. The van der Waals surface area contributed by atoms with Gasteiger partial charge in [-0.05, 0) is 55.5 Å². The molecule has 0 unspecified atom stereocenters. The van der Waals surface area contributed by atoms with Crippen LogP contribution < -0.4 is 15.0 Å². The third kappa shape index (κ3) is 5.06. The highest BCUT2D eigenvalue weighted by Crippen LogP contribution is 2.31. The summed E-state index contributed by atoms with van der Waals surface area (Å²) in [6.07, 6.45) is 3.71. The van der Waals surface area contributed by atoms with Crippen LogP contribution >= 0.6 is 12.2 Å². The number of rotatable bonds is 9. The number of amides is 2. The Kier molecular flexibility index (Phi) is 7.48. The molecule has 182 valence electrons. The van der Waals surface area contributed by atoms with E-state index in [-0.39, 0.29) is 18.4 Å². The zero-order valence-corrected chi connectivity index (χ0v) is 20.8. The molecule has 1 saturated heterocycles. The van der Waals surface area contributed by atoms with E-state index in [1.807, 2.05) is 72.3 Å². The minimum atomic E-state index is -0.212. The molecule has 3 aromatic rings. The van der Waals surface area contributed by atoms with Gasteiger partial charge >= 0.3 is 0 Å². The maximum absolute atomic E-state index is 13.4. The van der Waals surface area contributed by atoms with Gasteiger partial charge in [-0.15, -0.1) is 0 Å². The first-order chi connectivity index (χ1) is 16.9. The number of fused-ring (bicyclic) bond motifs is 1. The fourth-order valence-corrected chi connectivity index (χ4v) is 4.30. The summed E-state index contributed by atoms with van der Waals surface area (Å²) in [7, 11) is 3.37. The maximum Gasteiger partial charge on any atom is 0.281 e. The van der Waals surface area contributed by atoms with Gasteiger partial charge in [0.2, 0.25) is 5.91 Å². The summed E-state index contributed by atoms with van der Waals surface area (Å²) < 4.78 is 12.4. The number of anilines is 1. The van der Waals surface area contributed by atoms with Gasteiger partial charge in [-0.2, -0.15) is 0 Å². The molecule has 0 spiro atoms. The van der Waals surface area contributed by atoms with Gasteiger partial charge in [-0.25, -0.2) is 0 Å². The van der Waals surface area contributed by atoms with Gasteiger partial charge in [0.25, 0.3) is 5.91 Å². The monoisotopic (exact) mass is 492 g/mol. The highest BCUT2D eigenvalue weighted by molar-refractivity contribution is 7.80. The molecule has 2 heterocycles. The fraction of sp³-hybridized carbons (Fsp3) is 0.269. The van der Waals surface area contributed by atoms with Gasteiger partial charge in [0.15, 0.2) is 5.11 Å². The summed E-state index contributed by atoms with van der Waals surface area (Å²) in [5.74, 6) is 0.409. The molecule has 0 saturated carbocycles. The molecule has 1 aliphatic heterocycles. The Balaban J connectivity index is 1.64. The largest absolute Gasteiger partial charge is 0.494 e. The average Bonchev–Trinajstić information content (AvgIpc) is 3.30. The Morgan fingerprint density at radius 2 is 1.89 bits per heavy atom. The van der Waals surface area contributed by atoms with E-state index in [9.17, 15) is 9.59 Å². The number of para-hydroxylation sites is 1. The van der Waals surface area contributed by atoms with Crippen LogP contribution in [0.2, 0.25) is 0 Å². The summed E-state index contributed by atoms with van der Waals surface area (Å²) in [6, 6.07) is 15.1. The molecule has 8 nitrogen and oxygen atoms in total. The maximum atomic E-state index is 13.4. The molecular weight excluding hydrogens is 464 g/mol. The molecule has 0 bridgehead atoms.